The minimum absolute atomic E-state index is 0.00355. The van der Waals surface area contributed by atoms with Crippen LogP contribution >= 0.6 is 15.9 Å². The predicted octanol–water partition coefficient (Wildman–Crippen LogP) is 10.7. The van der Waals surface area contributed by atoms with Crippen molar-refractivity contribution in [3.63, 3.8) is 0 Å². The number of hydrogen-bond acceptors (Lipinski definition) is 20. The highest BCUT2D eigenvalue weighted by Crippen LogP contribution is 2.58. The first-order valence-electron chi connectivity index (χ1n) is 39.4. The maximum Gasteiger partial charge on any atom is 0.303 e. The van der Waals surface area contributed by atoms with E-state index in [0.717, 1.165) is 141 Å². The summed E-state index contributed by atoms with van der Waals surface area (Å²) in [4.78, 5) is 40.3. The van der Waals surface area contributed by atoms with E-state index >= 15 is 0 Å². The van der Waals surface area contributed by atoms with Crippen LogP contribution in [0, 0.1) is 32.9 Å². The molecule has 12 saturated heterocycles. The minimum atomic E-state index is -0.814. The molecule has 25 nitrogen and oxygen atoms in total. The van der Waals surface area contributed by atoms with Gasteiger partial charge in [-0.1, -0.05) is 28.4 Å². The van der Waals surface area contributed by atoms with Crippen molar-refractivity contribution in [1.82, 2.24) is 0 Å². The molecule has 12 aliphatic heterocycles. The molecule has 17 aliphatic rings. The summed E-state index contributed by atoms with van der Waals surface area (Å²) in [5, 5.41) is 29.5. The lowest BCUT2D eigenvalue weighted by atomic mass is 9.76. The largest absolute Gasteiger partial charge is 0.459 e. The maximum absolute atomic E-state index is 11.3. The average molecular weight is 1530 g/mol. The van der Waals surface area contributed by atoms with Crippen LogP contribution < -0.4 is 0 Å². The normalized spacial score (nSPS) is 46.7. The quantitative estimate of drug-likeness (QED) is 0.0710. The number of rotatable bonds is 12. The summed E-state index contributed by atoms with van der Waals surface area (Å²) in [5.74, 6) is -0.905. The van der Waals surface area contributed by atoms with Crippen molar-refractivity contribution in [1.29, 1.82) is 0 Å². The van der Waals surface area contributed by atoms with E-state index in [0.29, 0.717) is 25.9 Å². The first kappa shape index (κ1) is 79.1. The molecule has 26 heteroatoms. The predicted molar refractivity (Wildman–Crippen MR) is 380 cm³/mol. The highest BCUT2D eigenvalue weighted by molar-refractivity contribution is 9.09. The molecular weight excluding hydrogens is 1420 g/mol. The van der Waals surface area contributed by atoms with E-state index in [1.807, 2.05) is 46.8 Å². The molecule has 12 heterocycles. The molecule has 16 fully saturated rings. The first-order chi connectivity index (χ1) is 50.2. The molecule has 33 atom stereocenters. The number of nitrogens with zero attached hydrogens (tertiary/aromatic N) is 5. The van der Waals surface area contributed by atoms with Gasteiger partial charge in [0.25, 0.3) is 0 Å². The average Bonchev–Trinajstić information content (AvgIpc) is 1.57. The van der Waals surface area contributed by atoms with Gasteiger partial charge in [-0.3, -0.25) is 9.59 Å². The second kappa shape index (κ2) is 32.7. The molecule has 105 heavy (non-hydrogen) atoms. The van der Waals surface area contributed by atoms with Crippen LogP contribution in [-0.4, -0.2) is 237 Å². The van der Waals surface area contributed by atoms with Gasteiger partial charge in [0.2, 0.25) is 30.2 Å². The van der Waals surface area contributed by atoms with Gasteiger partial charge in [0.15, 0.2) is 12.1 Å². The van der Waals surface area contributed by atoms with Gasteiger partial charge in [-0.25, -0.2) is 32.9 Å². The summed E-state index contributed by atoms with van der Waals surface area (Å²) in [7, 11) is 0. The zero-order chi connectivity index (χ0) is 74.4. The molecular formula is C79H112BrN5O20. The van der Waals surface area contributed by atoms with Gasteiger partial charge in [0, 0.05) is 138 Å². The fraction of sp³-hybridized carbons (Fsp3) is 0.886. The summed E-state index contributed by atoms with van der Waals surface area (Å²) in [5.41, 5.74) is -1.69. The van der Waals surface area contributed by atoms with Crippen molar-refractivity contribution in [2.45, 2.75) is 432 Å². The smallest absolute Gasteiger partial charge is 0.303 e. The second-order valence-corrected chi connectivity index (χ2v) is 35.0. The summed E-state index contributed by atoms with van der Waals surface area (Å²) in [6.45, 7) is 48.5. The number of halogens is 1. The number of esters is 2. The van der Waals surface area contributed by atoms with Gasteiger partial charge >= 0.3 is 11.9 Å². The van der Waals surface area contributed by atoms with Crippen LogP contribution in [0.5, 0.6) is 0 Å². The van der Waals surface area contributed by atoms with Gasteiger partial charge in [0.05, 0.1) is 120 Å². The van der Waals surface area contributed by atoms with E-state index in [1.54, 1.807) is 0 Å². The molecule has 0 aromatic heterocycles. The van der Waals surface area contributed by atoms with E-state index in [4.69, 9.17) is 104 Å². The van der Waals surface area contributed by atoms with Gasteiger partial charge < -0.3 is 111 Å². The van der Waals surface area contributed by atoms with E-state index in [-0.39, 0.29) is 191 Å². The van der Waals surface area contributed by atoms with Crippen LogP contribution in [0.3, 0.4) is 0 Å². The molecule has 4 saturated carbocycles. The number of ether oxygens (including phenoxy) is 15. The van der Waals surface area contributed by atoms with Crippen molar-refractivity contribution >= 4 is 27.9 Å². The number of aliphatic hydroxyl groups is 3. The Morgan fingerprint density at radius 2 is 0.886 bits per heavy atom. The van der Waals surface area contributed by atoms with Crippen molar-refractivity contribution in [3.8, 4) is 0 Å². The number of fused-ring (bicyclic) bond motifs is 7. The fourth-order valence-electron chi connectivity index (χ4n) is 20.9. The number of carbonyl (C=O) groups is 2. The van der Waals surface area contributed by atoms with E-state index in [2.05, 4.69) is 40.2 Å². The molecule has 6 spiro atoms. The second-order valence-electron chi connectivity index (χ2n) is 33.8. The lowest BCUT2D eigenvalue weighted by Gasteiger charge is -2.45. The third kappa shape index (κ3) is 16.9. The number of alkyl halides is 1. The Labute approximate surface area is 628 Å². The van der Waals surface area contributed by atoms with Crippen LogP contribution in [0.1, 0.15) is 228 Å². The van der Waals surface area contributed by atoms with Gasteiger partial charge in [-0.2, -0.15) is 0 Å². The molecule has 0 aromatic carbocycles. The van der Waals surface area contributed by atoms with Gasteiger partial charge in [0.1, 0.15) is 47.8 Å². The zero-order valence-electron chi connectivity index (χ0n) is 62.2. The summed E-state index contributed by atoms with van der Waals surface area (Å²) in [6.07, 6.45) is 26.5. The number of aliphatic hydroxyl groups excluding tert-OH is 3. The van der Waals surface area contributed by atoms with Crippen molar-refractivity contribution < 1.29 is 96.0 Å². The molecule has 10 bridgehead atoms. The van der Waals surface area contributed by atoms with Crippen LogP contribution in [0.25, 0.3) is 24.2 Å². The van der Waals surface area contributed by atoms with E-state index in [1.165, 1.54) is 33.1 Å². The number of hydrogen-bond donors (Lipinski definition) is 3. The molecule has 1 unspecified atom stereocenters. The summed E-state index contributed by atoms with van der Waals surface area (Å²) < 4.78 is 91.1. The molecule has 0 radical (unpaired) electrons. The Kier molecular flexibility index (Phi) is 24.6. The summed E-state index contributed by atoms with van der Waals surface area (Å²) in [6, 6.07) is -0.0222. The third-order valence-electron chi connectivity index (χ3n) is 25.7. The monoisotopic (exact) mass is 1530 g/mol. The SMILES string of the molecule is [C-]#[N+][C@H](C)C[C@H]1CC[C@@H]2O[C@@H]3C[C@]2(C=C[C@H]3OC(C)=O)O1.[C-]#[N+][C@H](C)C[C@H]1CC[C@@H]2O[C@@H]3C[C@]2(COC3O)O1.[C-]#[N+][C@H](C)C[C@H]1CC[C@@H]2O[C@@H]3C[C@]2(C[C@@H](O)[C@H]3O)O1.[C-]#[N+][C@H](C)C[C@H]1CC[C@@H]2O[C@@H]3C[C@]2(C[C@H](Br)[C@H]3OC(C)=O)O1.[C-]#[N+][C@H](C)C[C@H]1CC[C@@H]2O[C@@H]3C[C@]2(C[C@H]2OC4(CCCCC4)O[C@@H]32)O1. The Morgan fingerprint density at radius 3 is 1.42 bits per heavy atom. The van der Waals surface area contributed by atoms with Gasteiger partial charge in [-0.05, 0) is 89.5 Å². The van der Waals surface area contributed by atoms with Crippen LogP contribution in [-0.2, 0) is 80.6 Å². The van der Waals surface area contributed by atoms with E-state index < -0.39 is 24.1 Å². The molecule has 17 rings (SSSR count). The highest BCUT2D eigenvalue weighted by atomic mass is 79.9. The van der Waals surface area contributed by atoms with Crippen LogP contribution in [0.15, 0.2) is 12.2 Å². The third-order valence-corrected chi connectivity index (χ3v) is 26.6. The Morgan fingerprint density at radius 1 is 0.467 bits per heavy atom. The molecule has 580 valence electrons. The lowest BCUT2D eigenvalue weighted by molar-refractivity contribution is -0.223. The Balaban J connectivity index is 0.000000117. The molecule has 0 aromatic rings. The Bertz CT molecular complexity index is 3300. The zero-order valence-corrected chi connectivity index (χ0v) is 63.8. The molecule has 5 aliphatic carbocycles. The summed E-state index contributed by atoms with van der Waals surface area (Å²) >= 11 is 3.66. The standard InChI is InChI=1S/C20H29NO4.C16H22BrNO4.C16H21NO4.C14H21NO4.C13H19NO4/c1-13(21-2)10-14-6-7-17-19(23-14)11-15(22-17)18-16(12-19)24-20(25-18)8-4-3-5-9-20;1-9(18-3)6-11-4-5-14-16(22-11)7-12(17)15(20-10(2)19)13(8-16)21-14;1-10(17-3)8-12-4-5-15-16(21-12)7-6-13(19-11(2)18)14(9-16)20-15;1-8(15-2)5-9-3-4-12-14(19-9)6-10(16)13(17)11(7-14)18-12;1-8(14-2)5-9-3-4-11-13(18-9)6-10(17-11)12(15)16-7-13/h13-18H,3-12H2,1H3;9,11-15H,4-8H2,1-2H3;6-7,10,12-15H,4-5,8-9H2,1-2H3;8-13,16-17H,3-7H2,1H3;8-12,15H,3-7H2,1H3/t13-,14-,15-,16-,17+,18+,19-;9-,11-,12+,13-,14+,15-,16+;10-,12-,13-,14-,15+,16+;8-,9-,10-,11-,12+,13-,14+;8-,9-,10-,11+,12?,13-/m11111/s1. The van der Waals surface area contributed by atoms with Crippen LogP contribution in [0.4, 0.5) is 0 Å². The van der Waals surface area contributed by atoms with Crippen molar-refractivity contribution in [2.24, 2.45) is 0 Å². The fourth-order valence-corrected chi connectivity index (χ4v) is 21.8. The maximum atomic E-state index is 11.3. The molecule has 0 amide bonds. The van der Waals surface area contributed by atoms with E-state index in [9.17, 15) is 24.9 Å². The molecule has 3 N–H and O–H groups in total. The first-order valence-corrected chi connectivity index (χ1v) is 40.3. The van der Waals surface area contributed by atoms with Gasteiger partial charge in [-0.15, -0.1) is 0 Å². The highest BCUT2D eigenvalue weighted by Gasteiger charge is 2.67. The topological polar surface area (TPSA) is 255 Å². The van der Waals surface area contributed by atoms with Crippen LogP contribution in [0.2, 0.25) is 0 Å². The number of carbonyl (C=O) groups excluding carboxylic acids is 2. The van der Waals surface area contributed by atoms with Crippen molar-refractivity contribution in [3.05, 3.63) is 69.2 Å². The lowest BCUT2D eigenvalue weighted by Crippen LogP contribution is -2.54. The Hall–Kier alpha value is -4.03. The minimum Gasteiger partial charge on any atom is -0.459 e. The van der Waals surface area contributed by atoms with Crippen molar-refractivity contribution in [2.75, 3.05) is 6.61 Å².